The van der Waals surface area contributed by atoms with Gasteiger partial charge in [0, 0.05) is 25.0 Å². The van der Waals surface area contributed by atoms with Crippen molar-refractivity contribution in [2.45, 2.75) is 18.0 Å². The van der Waals surface area contributed by atoms with Gasteiger partial charge < -0.3 is 4.57 Å². The predicted octanol–water partition coefficient (Wildman–Crippen LogP) is 3.40. The molecule has 0 N–H and O–H groups in total. The van der Waals surface area contributed by atoms with E-state index in [1.165, 1.54) is 23.8 Å². The molecular formula is C16H13ClF3N5O2S. The highest BCUT2D eigenvalue weighted by Gasteiger charge is 2.34. The van der Waals surface area contributed by atoms with E-state index in [0.29, 0.717) is 23.7 Å². The highest BCUT2D eigenvalue weighted by molar-refractivity contribution is 7.91. The van der Waals surface area contributed by atoms with Crippen molar-refractivity contribution in [1.29, 1.82) is 0 Å². The minimum absolute atomic E-state index is 0.00528. The van der Waals surface area contributed by atoms with Crippen molar-refractivity contribution >= 4 is 21.4 Å². The second-order valence-electron chi connectivity index (χ2n) is 5.75. The summed E-state index contributed by atoms with van der Waals surface area (Å²) in [6, 6.07) is 3.74. The quantitative estimate of drug-likeness (QED) is 0.588. The summed E-state index contributed by atoms with van der Waals surface area (Å²) in [4.78, 5) is 7.13. The summed E-state index contributed by atoms with van der Waals surface area (Å²) in [6.45, 7) is 1.33. The molecule has 0 radical (unpaired) electrons. The Bertz CT molecular complexity index is 1130. The number of halogens is 4. The smallest absolute Gasteiger partial charge is 0.309 e. The molecule has 0 aromatic carbocycles. The Morgan fingerprint density at radius 3 is 2.36 bits per heavy atom. The first-order valence-electron chi connectivity index (χ1n) is 7.86. The summed E-state index contributed by atoms with van der Waals surface area (Å²) in [7, 11) is -2.47. The van der Waals surface area contributed by atoms with Crippen LogP contribution in [0.5, 0.6) is 0 Å². The molecule has 0 unspecified atom stereocenters. The van der Waals surface area contributed by atoms with Crippen molar-refractivity contribution in [3.8, 4) is 22.9 Å². The summed E-state index contributed by atoms with van der Waals surface area (Å²) < 4.78 is 65.4. The fourth-order valence-corrected chi connectivity index (χ4v) is 3.62. The lowest BCUT2D eigenvalue weighted by molar-refractivity contribution is -0.138. The Morgan fingerprint density at radius 2 is 1.79 bits per heavy atom. The number of aromatic nitrogens is 5. The van der Waals surface area contributed by atoms with Crippen LogP contribution in [0.1, 0.15) is 12.5 Å². The number of alkyl halides is 3. The minimum atomic E-state index is -4.73. The Hall–Kier alpha value is -2.53. The lowest BCUT2D eigenvalue weighted by Crippen LogP contribution is -2.13. The molecule has 12 heteroatoms. The summed E-state index contributed by atoms with van der Waals surface area (Å²) in [6.07, 6.45) is -2.72. The molecule has 0 atom stereocenters. The topological polar surface area (TPSA) is 90.6 Å². The molecular weight excluding hydrogens is 419 g/mol. The molecule has 0 aliphatic carbocycles. The Balaban J connectivity index is 2.20. The average Bonchev–Trinajstić information content (AvgIpc) is 3.02. The highest BCUT2D eigenvalue weighted by atomic mass is 35.5. The van der Waals surface area contributed by atoms with Gasteiger partial charge in [0.1, 0.15) is 10.8 Å². The summed E-state index contributed by atoms with van der Waals surface area (Å²) in [5.41, 5.74) is -0.831. The fraction of sp³-hybridized carbons (Fsp3) is 0.250. The van der Waals surface area contributed by atoms with Gasteiger partial charge in [0.25, 0.3) is 0 Å². The van der Waals surface area contributed by atoms with Crippen LogP contribution in [0, 0.1) is 0 Å². The maximum absolute atomic E-state index is 13.0. The van der Waals surface area contributed by atoms with E-state index in [4.69, 9.17) is 11.6 Å². The van der Waals surface area contributed by atoms with Crippen LogP contribution in [0.2, 0.25) is 5.15 Å². The SMILES string of the molecule is CCS(=O)(=O)c1cc(C(F)(F)F)cnc1-c1nnc(-c2ccc(Cl)nc2)n1C. The van der Waals surface area contributed by atoms with E-state index in [9.17, 15) is 21.6 Å². The Labute approximate surface area is 163 Å². The van der Waals surface area contributed by atoms with Gasteiger partial charge in [0.15, 0.2) is 21.5 Å². The first kappa shape index (κ1) is 20.2. The molecule has 3 aromatic rings. The van der Waals surface area contributed by atoms with Gasteiger partial charge in [0.05, 0.1) is 16.2 Å². The maximum atomic E-state index is 13.0. The maximum Gasteiger partial charge on any atom is 0.417 e. The fourth-order valence-electron chi connectivity index (χ4n) is 2.45. The first-order chi connectivity index (χ1) is 13.0. The standard InChI is InChI=1S/C16H13ClF3N5O2S/c1-3-28(26,27)11-6-10(16(18,19)20)8-22-13(11)15-24-23-14(25(15)2)9-4-5-12(17)21-7-9/h4-8H,3H2,1-2H3. The monoisotopic (exact) mass is 431 g/mol. The van der Waals surface area contributed by atoms with Gasteiger partial charge >= 0.3 is 6.18 Å². The van der Waals surface area contributed by atoms with E-state index in [0.717, 1.165) is 0 Å². The average molecular weight is 432 g/mol. The number of hydrogen-bond donors (Lipinski definition) is 0. The lowest BCUT2D eigenvalue weighted by Gasteiger charge is -2.12. The van der Waals surface area contributed by atoms with E-state index in [2.05, 4.69) is 20.2 Å². The van der Waals surface area contributed by atoms with Crippen molar-refractivity contribution in [2.24, 2.45) is 7.05 Å². The zero-order chi connectivity index (χ0) is 20.7. The van der Waals surface area contributed by atoms with Gasteiger partial charge in [-0.05, 0) is 18.2 Å². The molecule has 0 aliphatic heterocycles. The largest absolute Gasteiger partial charge is 0.417 e. The molecule has 0 bridgehead atoms. The van der Waals surface area contributed by atoms with Gasteiger partial charge in [-0.15, -0.1) is 10.2 Å². The van der Waals surface area contributed by atoms with Gasteiger partial charge in [-0.1, -0.05) is 18.5 Å². The Morgan fingerprint density at radius 1 is 1.11 bits per heavy atom. The number of hydrogen-bond acceptors (Lipinski definition) is 6. The molecule has 0 aliphatic rings. The summed E-state index contributed by atoms with van der Waals surface area (Å²) in [5.74, 6) is -0.0687. The van der Waals surface area contributed by atoms with E-state index in [1.54, 1.807) is 13.1 Å². The van der Waals surface area contributed by atoms with Crippen molar-refractivity contribution in [2.75, 3.05) is 5.75 Å². The van der Waals surface area contributed by atoms with E-state index < -0.39 is 32.2 Å². The van der Waals surface area contributed by atoms with E-state index in [1.807, 2.05) is 0 Å². The molecule has 0 amide bonds. The molecule has 0 spiro atoms. The van der Waals surface area contributed by atoms with Crippen molar-refractivity contribution in [1.82, 2.24) is 24.7 Å². The van der Waals surface area contributed by atoms with Gasteiger partial charge in [0.2, 0.25) is 0 Å². The summed E-state index contributed by atoms with van der Waals surface area (Å²) >= 11 is 5.76. The van der Waals surface area contributed by atoms with Gasteiger partial charge in [-0.25, -0.2) is 13.4 Å². The van der Waals surface area contributed by atoms with Crippen LogP contribution in [-0.2, 0) is 23.1 Å². The van der Waals surface area contributed by atoms with Crippen LogP contribution in [-0.4, -0.2) is 38.9 Å². The van der Waals surface area contributed by atoms with Crippen LogP contribution < -0.4 is 0 Å². The van der Waals surface area contributed by atoms with Gasteiger partial charge in [-0.2, -0.15) is 13.2 Å². The van der Waals surface area contributed by atoms with Crippen LogP contribution in [0.3, 0.4) is 0 Å². The van der Waals surface area contributed by atoms with Crippen molar-refractivity contribution < 1.29 is 21.6 Å². The zero-order valence-corrected chi connectivity index (χ0v) is 16.1. The molecule has 0 saturated carbocycles. The molecule has 28 heavy (non-hydrogen) atoms. The number of sulfone groups is 1. The van der Waals surface area contributed by atoms with E-state index >= 15 is 0 Å². The number of nitrogens with zero attached hydrogens (tertiary/aromatic N) is 5. The summed E-state index contributed by atoms with van der Waals surface area (Å²) in [5, 5.41) is 8.18. The third kappa shape index (κ3) is 3.72. The highest BCUT2D eigenvalue weighted by Crippen LogP contribution is 2.34. The molecule has 7 nitrogen and oxygen atoms in total. The van der Waals surface area contributed by atoms with E-state index in [-0.39, 0.29) is 16.7 Å². The Kier molecular flexibility index (Phi) is 5.15. The van der Waals surface area contributed by atoms with Gasteiger partial charge in [-0.3, -0.25) is 4.98 Å². The second-order valence-corrected chi connectivity index (χ2v) is 8.38. The number of rotatable bonds is 4. The first-order valence-corrected chi connectivity index (χ1v) is 9.89. The third-order valence-electron chi connectivity index (χ3n) is 3.97. The lowest BCUT2D eigenvalue weighted by atomic mass is 10.2. The second kappa shape index (κ2) is 7.13. The molecule has 148 valence electrons. The normalized spacial score (nSPS) is 12.4. The zero-order valence-electron chi connectivity index (χ0n) is 14.6. The van der Waals surface area contributed by atoms with Crippen molar-refractivity contribution in [3.05, 3.63) is 41.3 Å². The molecule has 3 aromatic heterocycles. The third-order valence-corrected chi connectivity index (χ3v) is 5.93. The molecule has 0 fully saturated rings. The van der Waals surface area contributed by atoms with Crippen LogP contribution in [0.15, 0.2) is 35.5 Å². The van der Waals surface area contributed by atoms with Crippen LogP contribution in [0.25, 0.3) is 22.9 Å². The minimum Gasteiger partial charge on any atom is -0.309 e. The van der Waals surface area contributed by atoms with Crippen molar-refractivity contribution in [3.63, 3.8) is 0 Å². The van der Waals surface area contributed by atoms with Crippen LogP contribution in [0.4, 0.5) is 13.2 Å². The van der Waals surface area contributed by atoms with Crippen LogP contribution >= 0.6 is 11.6 Å². The molecule has 3 rings (SSSR count). The molecule has 0 saturated heterocycles. The molecule has 3 heterocycles. The predicted molar refractivity (Wildman–Crippen MR) is 95.2 cm³/mol. The number of pyridine rings is 2.